The van der Waals surface area contributed by atoms with Crippen molar-refractivity contribution in [2.75, 3.05) is 0 Å². The summed E-state index contributed by atoms with van der Waals surface area (Å²) in [4.78, 5) is 0. The van der Waals surface area contributed by atoms with Crippen molar-refractivity contribution in [1.82, 2.24) is 9.78 Å². The number of aryl methyl sites for hydroxylation is 2. The van der Waals surface area contributed by atoms with E-state index < -0.39 is 6.10 Å². The van der Waals surface area contributed by atoms with Crippen LogP contribution in [0.5, 0.6) is 0 Å². The zero-order valence-corrected chi connectivity index (χ0v) is 13.8. The van der Waals surface area contributed by atoms with Gasteiger partial charge in [-0.2, -0.15) is 5.10 Å². The standard InChI is InChI=1S/C14H16ClIN2O/c1-3-18-11(6-9(2)17-18)8-14(19)10-4-5-13(16)12(15)7-10/h4-7,14,19H,3,8H2,1-2H3. The first-order chi connectivity index (χ1) is 9.01. The molecular formula is C14H16ClIN2O. The van der Waals surface area contributed by atoms with Crippen LogP contribution in [0.2, 0.25) is 5.02 Å². The fraction of sp³-hybridized carbons (Fsp3) is 0.357. The number of aliphatic hydroxyl groups excluding tert-OH is 1. The zero-order valence-electron chi connectivity index (χ0n) is 10.9. The summed E-state index contributed by atoms with van der Waals surface area (Å²) in [5.41, 5.74) is 2.86. The maximum Gasteiger partial charge on any atom is 0.0845 e. The van der Waals surface area contributed by atoms with Crippen molar-refractivity contribution in [2.45, 2.75) is 32.9 Å². The SMILES string of the molecule is CCn1nc(C)cc1CC(O)c1ccc(I)c(Cl)c1. The number of rotatable bonds is 4. The third-order valence-electron chi connectivity index (χ3n) is 3.02. The molecule has 3 nitrogen and oxygen atoms in total. The molecule has 5 heteroatoms. The van der Waals surface area contributed by atoms with E-state index in [1.165, 1.54) is 0 Å². The van der Waals surface area contributed by atoms with Crippen LogP contribution in [0.15, 0.2) is 24.3 Å². The molecule has 0 aliphatic rings. The second-order valence-corrected chi connectivity index (χ2v) is 6.06. The smallest absolute Gasteiger partial charge is 0.0845 e. The quantitative estimate of drug-likeness (QED) is 0.808. The van der Waals surface area contributed by atoms with Crippen molar-refractivity contribution in [1.29, 1.82) is 0 Å². The van der Waals surface area contributed by atoms with E-state index in [1.54, 1.807) is 0 Å². The van der Waals surface area contributed by atoms with E-state index in [1.807, 2.05) is 42.8 Å². The molecule has 2 rings (SSSR count). The lowest BCUT2D eigenvalue weighted by Crippen LogP contribution is -2.08. The van der Waals surface area contributed by atoms with Crippen molar-refractivity contribution >= 4 is 34.2 Å². The Balaban J connectivity index is 2.20. The molecule has 0 aliphatic heterocycles. The van der Waals surface area contributed by atoms with Crippen molar-refractivity contribution in [3.05, 3.63) is 49.8 Å². The molecule has 1 N–H and O–H groups in total. The van der Waals surface area contributed by atoms with Gasteiger partial charge in [-0.05, 0) is 60.2 Å². The summed E-state index contributed by atoms with van der Waals surface area (Å²) in [6, 6.07) is 7.68. The third-order valence-corrected chi connectivity index (χ3v) is 4.59. The largest absolute Gasteiger partial charge is 0.388 e. The molecule has 0 aliphatic carbocycles. The second kappa shape index (κ2) is 6.24. The Hall–Kier alpha value is -0.590. The molecule has 0 amide bonds. The molecule has 102 valence electrons. The molecular weight excluding hydrogens is 375 g/mol. The van der Waals surface area contributed by atoms with Gasteiger partial charge in [-0.25, -0.2) is 0 Å². The first-order valence-electron chi connectivity index (χ1n) is 6.17. The molecule has 0 saturated heterocycles. The Morgan fingerprint density at radius 2 is 2.16 bits per heavy atom. The van der Waals surface area contributed by atoms with Gasteiger partial charge < -0.3 is 5.11 Å². The van der Waals surface area contributed by atoms with Gasteiger partial charge in [0, 0.05) is 22.2 Å². The number of hydrogen-bond acceptors (Lipinski definition) is 2. The summed E-state index contributed by atoms with van der Waals surface area (Å²) in [7, 11) is 0. The maximum atomic E-state index is 10.3. The fourth-order valence-electron chi connectivity index (χ4n) is 2.07. The molecule has 0 saturated carbocycles. The van der Waals surface area contributed by atoms with Crippen molar-refractivity contribution in [3.8, 4) is 0 Å². The van der Waals surface area contributed by atoms with Crippen LogP contribution in [-0.4, -0.2) is 14.9 Å². The predicted octanol–water partition coefficient (Wildman–Crippen LogP) is 3.75. The van der Waals surface area contributed by atoms with Crippen molar-refractivity contribution in [2.24, 2.45) is 0 Å². The lowest BCUT2D eigenvalue weighted by Gasteiger charge is -2.12. The van der Waals surface area contributed by atoms with Crippen LogP contribution >= 0.6 is 34.2 Å². The number of aromatic nitrogens is 2. The average Bonchev–Trinajstić information content (AvgIpc) is 2.72. The number of benzene rings is 1. The summed E-state index contributed by atoms with van der Waals surface area (Å²) < 4.78 is 2.91. The molecule has 0 spiro atoms. The van der Waals surface area contributed by atoms with E-state index in [2.05, 4.69) is 27.7 Å². The van der Waals surface area contributed by atoms with E-state index in [4.69, 9.17) is 11.6 Å². The van der Waals surface area contributed by atoms with E-state index in [-0.39, 0.29) is 0 Å². The van der Waals surface area contributed by atoms with Gasteiger partial charge in [-0.15, -0.1) is 0 Å². The summed E-state index contributed by atoms with van der Waals surface area (Å²) in [6.07, 6.45) is -0.0121. The first kappa shape index (κ1) is 14.8. The molecule has 19 heavy (non-hydrogen) atoms. The average molecular weight is 391 g/mol. The molecule has 1 atom stereocenters. The molecule has 1 heterocycles. The maximum absolute atomic E-state index is 10.3. The Labute approximate surface area is 131 Å². The monoisotopic (exact) mass is 390 g/mol. The summed E-state index contributed by atoms with van der Waals surface area (Å²) in [5, 5.41) is 15.4. The van der Waals surface area contributed by atoms with Gasteiger partial charge in [0.2, 0.25) is 0 Å². The topological polar surface area (TPSA) is 38.0 Å². The van der Waals surface area contributed by atoms with Gasteiger partial charge in [-0.1, -0.05) is 17.7 Å². The van der Waals surface area contributed by atoms with Crippen LogP contribution in [0.1, 0.15) is 30.0 Å². The molecule has 0 radical (unpaired) electrons. The van der Waals surface area contributed by atoms with Gasteiger partial charge in [0.25, 0.3) is 0 Å². The molecule has 0 bridgehead atoms. The van der Waals surface area contributed by atoms with E-state index in [0.717, 1.165) is 27.1 Å². The zero-order chi connectivity index (χ0) is 14.0. The minimum absolute atomic E-state index is 0.547. The molecule has 1 aromatic carbocycles. The van der Waals surface area contributed by atoms with E-state index in [9.17, 15) is 5.11 Å². The lowest BCUT2D eigenvalue weighted by molar-refractivity contribution is 0.175. The van der Waals surface area contributed by atoms with Gasteiger partial charge >= 0.3 is 0 Å². The Bertz CT molecular complexity index is 583. The molecule has 1 unspecified atom stereocenters. The number of aliphatic hydroxyl groups is 1. The number of hydrogen-bond donors (Lipinski definition) is 1. The van der Waals surface area contributed by atoms with Crippen LogP contribution in [-0.2, 0) is 13.0 Å². The second-order valence-electron chi connectivity index (χ2n) is 4.49. The predicted molar refractivity (Wildman–Crippen MR) is 85.5 cm³/mol. The molecule has 2 aromatic rings. The van der Waals surface area contributed by atoms with E-state index >= 15 is 0 Å². The number of nitrogens with zero attached hydrogens (tertiary/aromatic N) is 2. The van der Waals surface area contributed by atoms with Crippen molar-refractivity contribution in [3.63, 3.8) is 0 Å². The molecule has 0 fully saturated rings. The molecule has 1 aromatic heterocycles. The highest BCUT2D eigenvalue weighted by atomic mass is 127. The fourth-order valence-corrected chi connectivity index (χ4v) is 2.60. The van der Waals surface area contributed by atoms with Crippen molar-refractivity contribution < 1.29 is 5.11 Å². The third kappa shape index (κ3) is 3.49. The van der Waals surface area contributed by atoms with Gasteiger partial charge in [-0.3, -0.25) is 4.68 Å². The van der Waals surface area contributed by atoms with E-state index in [0.29, 0.717) is 11.4 Å². The minimum Gasteiger partial charge on any atom is -0.388 e. The summed E-state index contributed by atoms with van der Waals surface area (Å²) in [5.74, 6) is 0. The van der Waals surface area contributed by atoms with Crippen LogP contribution in [0.3, 0.4) is 0 Å². The lowest BCUT2D eigenvalue weighted by atomic mass is 10.0. The minimum atomic E-state index is -0.559. The first-order valence-corrected chi connectivity index (χ1v) is 7.63. The van der Waals surface area contributed by atoms with Gasteiger partial charge in [0.1, 0.15) is 0 Å². The van der Waals surface area contributed by atoms with Crippen LogP contribution in [0.25, 0.3) is 0 Å². The van der Waals surface area contributed by atoms with Gasteiger partial charge in [0.05, 0.1) is 16.8 Å². The van der Waals surface area contributed by atoms with Gasteiger partial charge in [0.15, 0.2) is 0 Å². The Kier molecular flexibility index (Phi) is 4.86. The summed E-state index contributed by atoms with van der Waals surface area (Å²) in [6.45, 7) is 4.82. The van der Waals surface area contributed by atoms with Crippen LogP contribution < -0.4 is 0 Å². The highest BCUT2D eigenvalue weighted by Gasteiger charge is 2.13. The Morgan fingerprint density at radius 1 is 1.42 bits per heavy atom. The highest BCUT2D eigenvalue weighted by molar-refractivity contribution is 14.1. The Morgan fingerprint density at radius 3 is 2.79 bits per heavy atom. The summed E-state index contributed by atoms with van der Waals surface area (Å²) >= 11 is 8.26. The van der Waals surface area contributed by atoms with Crippen LogP contribution in [0, 0.1) is 10.5 Å². The normalized spacial score (nSPS) is 12.7. The highest BCUT2D eigenvalue weighted by Crippen LogP contribution is 2.25. The number of halogens is 2. The van der Waals surface area contributed by atoms with Crippen LogP contribution in [0.4, 0.5) is 0 Å².